The van der Waals surface area contributed by atoms with Crippen LogP contribution in [0.4, 0.5) is 0 Å². The summed E-state index contributed by atoms with van der Waals surface area (Å²) in [6, 6.07) is 70.3. The van der Waals surface area contributed by atoms with E-state index in [2.05, 4.69) is 197 Å². The van der Waals surface area contributed by atoms with E-state index in [1.54, 1.807) is 0 Å². The molecule has 0 aliphatic rings. The van der Waals surface area contributed by atoms with Gasteiger partial charge in [-0.15, -0.1) is 0 Å². The predicted octanol–water partition coefficient (Wildman–Crippen LogP) is 14.3. The summed E-state index contributed by atoms with van der Waals surface area (Å²) in [6.07, 6.45) is 0. The van der Waals surface area contributed by atoms with Gasteiger partial charge in [0.2, 0.25) is 0 Å². The SMILES string of the molecule is c1ccc(-n2c3ccccc3c3cc(-c4ccc5c(c4)c4ccccc4n5-c4cc(-c5ccc6ccccc6c5)cc5c4oc4ccccc45)ccc32)cc1. The van der Waals surface area contributed by atoms with E-state index < -0.39 is 0 Å². The first-order valence-corrected chi connectivity index (χ1v) is 18.8. The van der Waals surface area contributed by atoms with Gasteiger partial charge in [0, 0.05) is 38.0 Å². The van der Waals surface area contributed by atoms with E-state index in [1.165, 1.54) is 65.7 Å². The molecule has 0 aliphatic heterocycles. The Morgan fingerprint density at radius 1 is 0.309 bits per heavy atom. The van der Waals surface area contributed by atoms with Gasteiger partial charge >= 0.3 is 0 Å². The lowest BCUT2D eigenvalue weighted by Crippen LogP contribution is -1.96. The van der Waals surface area contributed by atoms with Crippen molar-refractivity contribution in [3.8, 4) is 33.6 Å². The highest BCUT2D eigenvalue weighted by Gasteiger charge is 2.20. The van der Waals surface area contributed by atoms with Crippen LogP contribution in [0.3, 0.4) is 0 Å². The Labute approximate surface area is 316 Å². The van der Waals surface area contributed by atoms with Gasteiger partial charge in [0.1, 0.15) is 5.58 Å². The first-order valence-electron chi connectivity index (χ1n) is 18.8. The molecule has 0 unspecified atom stereocenters. The molecule has 0 saturated heterocycles. The van der Waals surface area contributed by atoms with E-state index in [0.717, 1.165) is 44.2 Å². The number of aromatic nitrogens is 2. The number of benzene rings is 9. The van der Waals surface area contributed by atoms with Crippen LogP contribution < -0.4 is 0 Å². The van der Waals surface area contributed by atoms with Gasteiger partial charge in [-0.2, -0.15) is 0 Å². The van der Waals surface area contributed by atoms with Crippen molar-refractivity contribution in [2.45, 2.75) is 0 Å². The van der Waals surface area contributed by atoms with E-state index in [4.69, 9.17) is 4.42 Å². The molecule has 0 radical (unpaired) electrons. The van der Waals surface area contributed by atoms with Crippen molar-refractivity contribution in [2.24, 2.45) is 0 Å². The van der Waals surface area contributed by atoms with Crippen LogP contribution in [0.15, 0.2) is 199 Å². The summed E-state index contributed by atoms with van der Waals surface area (Å²) in [5.41, 5.74) is 13.4. The average Bonchev–Trinajstić information content (AvgIpc) is 3.91. The van der Waals surface area contributed by atoms with Crippen LogP contribution in [0.25, 0.3) is 110 Å². The molecule has 0 N–H and O–H groups in total. The first kappa shape index (κ1) is 30.1. The number of nitrogens with zero attached hydrogens (tertiary/aromatic N) is 2. The van der Waals surface area contributed by atoms with Crippen molar-refractivity contribution in [1.82, 2.24) is 9.13 Å². The van der Waals surface area contributed by atoms with E-state index >= 15 is 0 Å². The topological polar surface area (TPSA) is 23.0 Å². The number of hydrogen-bond donors (Lipinski definition) is 0. The van der Waals surface area contributed by atoms with Crippen molar-refractivity contribution in [1.29, 1.82) is 0 Å². The van der Waals surface area contributed by atoms with Crippen LogP contribution in [0, 0.1) is 0 Å². The third-order valence-electron chi connectivity index (χ3n) is 11.5. The highest BCUT2D eigenvalue weighted by atomic mass is 16.3. The van der Waals surface area contributed by atoms with Gasteiger partial charge in [-0.05, 0) is 106 Å². The fraction of sp³-hybridized carbons (Fsp3) is 0. The normalized spacial score (nSPS) is 12.0. The van der Waals surface area contributed by atoms with Crippen LogP contribution in [0.5, 0.6) is 0 Å². The smallest absolute Gasteiger partial charge is 0.159 e. The van der Waals surface area contributed by atoms with Crippen LogP contribution in [-0.2, 0) is 0 Å². The third-order valence-corrected chi connectivity index (χ3v) is 11.5. The molecule has 12 aromatic rings. The second-order valence-corrected chi connectivity index (χ2v) is 14.5. The molecule has 3 heterocycles. The second-order valence-electron chi connectivity index (χ2n) is 14.5. The number of furan rings is 1. The van der Waals surface area contributed by atoms with Crippen LogP contribution >= 0.6 is 0 Å². The molecule has 0 saturated carbocycles. The van der Waals surface area contributed by atoms with Gasteiger partial charge in [0.25, 0.3) is 0 Å². The highest BCUT2D eigenvalue weighted by Crippen LogP contribution is 2.42. The minimum absolute atomic E-state index is 0.887. The molecule has 0 amide bonds. The predicted molar refractivity (Wildman–Crippen MR) is 231 cm³/mol. The Hall–Kier alpha value is -7.36. The number of fused-ring (bicyclic) bond motifs is 10. The van der Waals surface area contributed by atoms with Crippen molar-refractivity contribution in [3.05, 3.63) is 194 Å². The minimum Gasteiger partial charge on any atom is -0.454 e. The summed E-state index contributed by atoms with van der Waals surface area (Å²) < 4.78 is 11.5. The van der Waals surface area contributed by atoms with Crippen molar-refractivity contribution < 1.29 is 4.42 Å². The summed E-state index contributed by atoms with van der Waals surface area (Å²) in [5.74, 6) is 0. The van der Waals surface area contributed by atoms with Gasteiger partial charge in [-0.1, -0.05) is 121 Å². The molecule has 9 aromatic carbocycles. The molecule has 55 heavy (non-hydrogen) atoms. The number of para-hydroxylation sites is 4. The zero-order valence-corrected chi connectivity index (χ0v) is 29.8. The standard InChI is InChI=1S/C52H32N2O/c1-2-14-39(15-3-1)53-46-19-9-6-16-40(46)43-29-36(24-26-48(43)53)37-25-27-49-44(30-37)41-17-7-10-20-47(41)54(49)50-32-38(35-23-22-33-12-4-5-13-34(33)28-35)31-45-42-18-8-11-21-51(42)55-52(45)50/h1-32H. The maximum absolute atomic E-state index is 6.75. The average molecular weight is 701 g/mol. The summed E-state index contributed by atoms with van der Waals surface area (Å²) in [4.78, 5) is 0. The maximum atomic E-state index is 6.75. The molecule has 3 aromatic heterocycles. The Bertz CT molecular complexity index is 3490. The molecule has 0 aliphatic carbocycles. The Morgan fingerprint density at radius 3 is 1.58 bits per heavy atom. The molecule has 0 bridgehead atoms. The maximum Gasteiger partial charge on any atom is 0.159 e. The quantitative estimate of drug-likeness (QED) is 0.179. The lowest BCUT2D eigenvalue weighted by Gasteiger charge is -2.12. The molecule has 0 fully saturated rings. The summed E-state index contributed by atoms with van der Waals surface area (Å²) >= 11 is 0. The Morgan fingerprint density at radius 2 is 0.836 bits per heavy atom. The molecule has 256 valence electrons. The highest BCUT2D eigenvalue weighted by molar-refractivity contribution is 6.15. The van der Waals surface area contributed by atoms with Crippen molar-refractivity contribution in [3.63, 3.8) is 0 Å². The lowest BCUT2D eigenvalue weighted by atomic mass is 9.98. The van der Waals surface area contributed by atoms with E-state index in [9.17, 15) is 0 Å². The molecule has 0 atom stereocenters. The molecular weight excluding hydrogens is 669 g/mol. The molecule has 0 spiro atoms. The zero-order valence-electron chi connectivity index (χ0n) is 29.8. The van der Waals surface area contributed by atoms with E-state index in [-0.39, 0.29) is 0 Å². The number of hydrogen-bond acceptors (Lipinski definition) is 1. The van der Waals surface area contributed by atoms with Crippen LogP contribution in [0.1, 0.15) is 0 Å². The van der Waals surface area contributed by atoms with Gasteiger partial charge in [0.15, 0.2) is 5.58 Å². The van der Waals surface area contributed by atoms with Crippen molar-refractivity contribution in [2.75, 3.05) is 0 Å². The molecule has 3 nitrogen and oxygen atoms in total. The second kappa shape index (κ2) is 11.6. The van der Waals surface area contributed by atoms with Crippen LogP contribution in [-0.4, -0.2) is 9.13 Å². The Kier molecular flexibility index (Phi) is 6.34. The summed E-state index contributed by atoms with van der Waals surface area (Å²) in [5, 5.41) is 9.61. The lowest BCUT2D eigenvalue weighted by molar-refractivity contribution is 0.666. The fourth-order valence-corrected chi connectivity index (χ4v) is 8.93. The molecule has 3 heteroatoms. The molecule has 12 rings (SSSR count). The van der Waals surface area contributed by atoms with E-state index in [0.29, 0.717) is 0 Å². The minimum atomic E-state index is 0.887. The largest absolute Gasteiger partial charge is 0.454 e. The summed E-state index contributed by atoms with van der Waals surface area (Å²) in [7, 11) is 0. The van der Waals surface area contributed by atoms with Gasteiger partial charge in [0.05, 0.1) is 27.8 Å². The van der Waals surface area contributed by atoms with Crippen LogP contribution in [0.2, 0.25) is 0 Å². The number of rotatable bonds is 4. The van der Waals surface area contributed by atoms with Gasteiger partial charge in [-0.25, -0.2) is 0 Å². The van der Waals surface area contributed by atoms with E-state index in [1.807, 2.05) is 6.07 Å². The Balaban J connectivity index is 1.09. The zero-order chi connectivity index (χ0) is 36.0. The summed E-state index contributed by atoms with van der Waals surface area (Å²) in [6.45, 7) is 0. The third kappa shape index (κ3) is 4.50. The van der Waals surface area contributed by atoms with Gasteiger partial charge in [-0.3, -0.25) is 0 Å². The fourth-order valence-electron chi connectivity index (χ4n) is 8.93. The monoisotopic (exact) mass is 700 g/mol. The molecular formula is C52H32N2O. The van der Waals surface area contributed by atoms with Gasteiger partial charge < -0.3 is 13.6 Å². The first-order chi connectivity index (χ1) is 27.3. The van der Waals surface area contributed by atoms with Crippen molar-refractivity contribution >= 4 is 76.3 Å².